The van der Waals surface area contributed by atoms with Gasteiger partial charge in [0.05, 0.1) is 11.7 Å². The number of nitrogens with zero attached hydrogens (tertiary/aromatic N) is 3. The van der Waals surface area contributed by atoms with E-state index in [-0.39, 0.29) is 11.9 Å². The SMILES string of the molecule is CC(Nc1nccc(N(C(=O)Nc2ccc(F)cc2)c2ccc(F)cc2)n1)c1ccccc1. The van der Waals surface area contributed by atoms with Crippen LogP contribution in [0.1, 0.15) is 18.5 Å². The Kier molecular flexibility index (Phi) is 6.54. The molecular formula is C25H21F2N5O. The molecule has 1 atom stereocenters. The Morgan fingerprint density at radius 2 is 1.52 bits per heavy atom. The summed E-state index contributed by atoms with van der Waals surface area (Å²) in [6.45, 7) is 1.98. The number of anilines is 4. The number of carbonyl (C=O) groups is 1. The predicted octanol–water partition coefficient (Wildman–Crippen LogP) is 6.30. The Morgan fingerprint density at radius 1 is 0.879 bits per heavy atom. The number of halogens is 2. The van der Waals surface area contributed by atoms with E-state index in [0.29, 0.717) is 17.3 Å². The number of benzene rings is 3. The quantitative estimate of drug-likeness (QED) is 0.366. The van der Waals surface area contributed by atoms with Gasteiger partial charge < -0.3 is 10.6 Å². The molecule has 1 heterocycles. The minimum absolute atomic E-state index is 0.0752. The monoisotopic (exact) mass is 445 g/mol. The fourth-order valence-electron chi connectivity index (χ4n) is 3.22. The second-order valence-electron chi connectivity index (χ2n) is 7.26. The number of hydrogen-bond acceptors (Lipinski definition) is 4. The zero-order valence-corrected chi connectivity index (χ0v) is 17.7. The van der Waals surface area contributed by atoms with Gasteiger partial charge in [0, 0.05) is 18.0 Å². The van der Waals surface area contributed by atoms with E-state index in [1.54, 1.807) is 6.07 Å². The molecule has 0 fully saturated rings. The van der Waals surface area contributed by atoms with Crippen LogP contribution in [0, 0.1) is 11.6 Å². The number of carbonyl (C=O) groups excluding carboxylic acids is 1. The van der Waals surface area contributed by atoms with Gasteiger partial charge in [0.1, 0.15) is 17.5 Å². The Morgan fingerprint density at radius 3 is 2.18 bits per heavy atom. The molecule has 0 spiro atoms. The summed E-state index contributed by atoms with van der Waals surface area (Å²) in [5.41, 5.74) is 1.85. The van der Waals surface area contributed by atoms with E-state index >= 15 is 0 Å². The highest BCUT2D eigenvalue weighted by Gasteiger charge is 2.21. The molecule has 6 nitrogen and oxygen atoms in total. The first-order chi connectivity index (χ1) is 16.0. The highest BCUT2D eigenvalue weighted by molar-refractivity contribution is 6.06. The first kappa shape index (κ1) is 21.9. The smallest absolute Gasteiger partial charge is 0.332 e. The van der Waals surface area contributed by atoms with Gasteiger partial charge in [0.2, 0.25) is 5.95 Å². The number of hydrogen-bond donors (Lipinski definition) is 2. The Bertz CT molecular complexity index is 1220. The Hall–Kier alpha value is -4.33. The van der Waals surface area contributed by atoms with Crippen LogP contribution in [0.15, 0.2) is 91.1 Å². The first-order valence-electron chi connectivity index (χ1n) is 10.3. The predicted molar refractivity (Wildman–Crippen MR) is 124 cm³/mol. The van der Waals surface area contributed by atoms with Crippen molar-refractivity contribution in [3.63, 3.8) is 0 Å². The summed E-state index contributed by atoms with van der Waals surface area (Å²) < 4.78 is 26.8. The summed E-state index contributed by atoms with van der Waals surface area (Å²) in [6, 6.07) is 21.6. The summed E-state index contributed by atoms with van der Waals surface area (Å²) in [5.74, 6) is -0.244. The van der Waals surface area contributed by atoms with Crippen LogP contribution >= 0.6 is 0 Å². The van der Waals surface area contributed by atoms with Gasteiger partial charge in [-0.1, -0.05) is 30.3 Å². The van der Waals surface area contributed by atoms with E-state index in [0.717, 1.165) is 5.56 Å². The summed E-state index contributed by atoms with van der Waals surface area (Å²) in [5, 5.41) is 5.94. The van der Waals surface area contributed by atoms with Crippen LogP contribution in [0.5, 0.6) is 0 Å². The van der Waals surface area contributed by atoms with Crippen LogP contribution in [0.2, 0.25) is 0 Å². The van der Waals surface area contributed by atoms with Gasteiger partial charge in [-0.15, -0.1) is 0 Å². The molecule has 2 N–H and O–H groups in total. The van der Waals surface area contributed by atoms with E-state index in [2.05, 4.69) is 20.6 Å². The van der Waals surface area contributed by atoms with Crippen LogP contribution in [0.3, 0.4) is 0 Å². The maximum Gasteiger partial charge on any atom is 0.332 e. The Balaban J connectivity index is 1.63. The molecule has 0 saturated heterocycles. The number of amides is 2. The topological polar surface area (TPSA) is 70.2 Å². The van der Waals surface area contributed by atoms with Crippen molar-refractivity contribution in [1.82, 2.24) is 9.97 Å². The van der Waals surface area contributed by atoms with Crippen molar-refractivity contribution in [1.29, 1.82) is 0 Å². The fraction of sp³-hybridized carbons (Fsp3) is 0.0800. The molecule has 0 bridgehead atoms. The molecule has 0 radical (unpaired) electrons. The molecular weight excluding hydrogens is 424 g/mol. The Labute approximate surface area is 189 Å². The molecule has 0 aliphatic rings. The van der Waals surface area contributed by atoms with Gasteiger partial charge >= 0.3 is 6.03 Å². The van der Waals surface area contributed by atoms with Crippen LogP contribution in [0.4, 0.5) is 36.7 Å². The average molecular weight is 445 g/mol. The number of aromatic nitrogens is 2. The number of rotatable bonds is 6. The van der Waals surface area contributed by atoms with Crippen molar-refractivity contribution in [2.75, 3.05) is 15.5 Å². The maximum atomic E-state index is 13.5. The largest absolute Gasteiger partial charge is 0.348 e. The normalized spacial score (nSPS) is 11.5. The lowest BCUT2D eigenvalue weighted by Crippen LogP contribution is -2.31. The molecule has 0 aliphatic heterocycles. The van der Waals surface area contributed by atoms with Crippen molar-refractivity contribution in [3.05, 3.63) is 108 Å². The van der Waals surface area contributed by atoms with E-state index in [1.165, 1.54) is 59.6 Å². The maximum absolute atomic E-state index is 13.5. The van der Waals surface area contributed by atoms with Gasteiger partial charge in [-0.05, 0) is 61.0 Å². The van der Waals surface area contributed by atoms with Crippen molar-refractivity contribution in [2.45, 2.75) is 13.0 Å². The zero-order valence-electron chi connectivity index (χ0n) is 17.7. The molecule has 33 heavy (non-hydrogen) atoms. The molecule has 4 rings (SSSR count). The standard InChI is InChI=1S/C25H21F2N5O/c1-17(18-5-3-2-4-6-18)29-24-28-16-15-23(31-24)32(22-13-9-20(27)10-14-22)25(33)30-21-11-7-19(26)8-12-21/h2-17H,1H3,(H,30,33)(H,28,29,31). The molecule has 3 aromatic carbocycles. The van der Waals surface area contributed by atoms with E-state index in [1.807, 2.05) is 37.3 Å². The van der Waals surface area contributed by atoms with Crippen LogP contribution in [-0.2, 0) is 0 Å². The molecule has 8 heteroatoms. The van der Waals surface area contributed by atoms with Crippen LogP contribution in [0.25, 0.3) is 0 Å². The van der Waals surface area contributed by atoms with Crippen LogP contribution < -0.4 is 15.5 Å². The van der Waals surface area contributed by atoms with E-state index in [4.69, 9.17) is 0 Å². The molecule has 1 aromatic heterocycles. The molecule has 4 aromatic rings. The van der Waals surface area contributed by atoms with Gasteiger partial charge in [-0.25, -0.2) is 23.5 Å². The van der Waals surface area contributed by atoms with Crippen molar-refractivity contribution < 1.29 is 13.6 Å². The minimum atomic E-state index is -0.547. The van der Waals surface area contributed by atoms with Gasteiger partial charge in [0.15, 0.2) is 0 Å². The number of urea groups is 1. The zero-order chi connectivity index (χ0) is 23.2. The highest BCUT2D eigenvalue weighted by Crippen LogP contribution is 2.27. The first-order valence-corrected chi connectivity index (χ1v) is 10.3. The average Bonchev–Trinajstić information content (AvgIpc) is 2.83. The molecule has 1 unspecified atom stereocenters. The van der Waals surface area contributed by atoms with E-state index in [9.17, 15) is 13.6 Å². The van der Waals surface area contributed by atoms with Gasteiger partial charge in [-0.2, -0.15) is 4.98 Å². The summed E-state index contributed by atoms with van der Waals surface area (Å²) in [7, 11) is 0. The molecule has 2 amide bonds. The van der Waals surface area contributed by atoms with Crippen molar-refractivity contribution >= 4 is 29.2 Å². The van der Waals surface area contributed by atoms with Crippen molar-refractivity contribution in [3.8, 4) is 0 Å². The number of nitrogens with one attached hydrogen (secondary N) is 2. The lowest BCUT2D eigenvalue weighted by Gasteiger charge is -2.23. The second-order valence-corrected chi connectivity index (χ2v) is 7.26. The van der Waals surface area contributed by atoms with Crippen LogP contribution in [-0.4, -0.2) is 16.0 Å². The molecule has 166 valence electrons. The second kappa shape index (κ2) is 9.86. The molecule has 0 saturated carbocycles. The lowest BCUT2D eigenvalue weighted by molar-refractivity contribution is 0.259. The highest BCUT2D eigenvalue weighted by atomic mass is 19.1. The van der Waals surface area contributed by atoms with E-state index < -0.39 is 17.7 Å². The minimum Gasteiger partial charge on any atom is -0.348 e. The van der Waals surface area contributed by atoms with Gasteiger partial charge in [0.25, 0.3) is 0 Å². The third-order valence-corrected chi connectivity index (χ3v) is 4.90. The van der Waals surface area contributed by atoms with Crippen molar-refractivity contribution in [2.24, 2.45) is 0 Å². The summed E-state index contributed by atoms with van der Waals surface area (Å²) in [6.07, 6.45) is 1.53. The fourth-order valence-corrected chi connectivity index (χ4v) is 3.22. The third kappa shape index (κ3) is 5.48. The third-order valence-electron chi connectivity index (χ3n) is 4.90. The lowest BCUT2D eigenvalue weighted by atomic mass is 10.1. The molecule has 0 aliphatic carbocycles. The van der Waals surface area contributed by atoms with Gasteiger partial charge in [-0.3, -0.25) is 0 Å². The summed E-state index contributed by atoms with van der Waals surface area (Å²) >= 11 is 0. The summed E-state index contributed by atoms with van der Waals surface area (Å²) in [4.78, 5) is 23.2.